The van der Waals surface area contributed by atoms with E-state index in [1.807, 2.05) is 6.92 Å². The van der Waals surface area contributed by atoms with Crippen LogP contribution in [0.15, 0.2) is 0 Å². The van der Waals surface area contributed by atoms with Gasteiger partial charge in [-0.3, -0.25) is 4.79 Å². The molecule has 1 aliphatic rings. The standard InChI is InChI=1S/C12H22N2O2S/c1-5-16-9-6-8(12(9,3)4)14-11(15)7(2)10(13)17/h7-9H,5-6H2,1-4H3,(H2,13,17)(H,14,15). The van der Waals surface area contributed by atoms with Crippen LogP contribution in [0.3, 0.4) is 0 Å². The molecule has 5 heteroatoms. The highest BCUT2D eigenvalue weighted by Crippen LogP contribution is 2.42. The van der Waals surface area contributed by atoms with E-state index in [4.69, 9.17) is 22.7 Å². The fourth-order valence-corrected chi connectivity index (χ4v) is 2.15. The van der Waals surface area contributed by atoms with Crippen LogP contribution in [0.2, 0.25) is 0 Å². The number of hydrogen-bond acceptors (Lipinski definition) is 3. The Kier molecular flexibility index (Phi) is 4.49. The van der Waals surface area contributed by atoms with Crippen molar-refractivity contribution in [3.63, 3.8) is 0 Å². The first kappa shape index (κ1) is 14.4. The molecule has 0 aromatic rings. The maximum absolute atomic E-state index is 11.8. The number of nitrogens with one attached hydrogen (secondary N) is 1. The van der Waals surface area contributed by atoms with Crippen molar-refractivity contribution in [3.05, 3.63) is 0 Å². The average molecular weight is 258 g/mol. The highest BCUT2D eigenvalue weighted by atomic mass is 32.1. The van der Waals surface area contributed by atoms with Crippen LogP contribution < -0.4 is 11.1 Å². The van der Waals surface area contributed by atoms with Gasteiger partial charge in [-0.1, -0.05) is 26.1 Å². The third-order valence-electron chi connectivity index (χ3n) is 3.68. The molecule has 3 N–H and O–H groups in total. The average Bonchev–Trinajstić information content (AvgIpc) is 2.26. The Hall–Kier alpha value is -0.680. The molecule has 0 radical (unpaired) electrons. The molecule has 0 aliphatic heterocycles. The number of amides is 1. The molecule has 1 saturated carbocycles. The zero-order chi connectivity index (χ0) is 13.2. The van der Waals surface area contributed by atoms with Gasteiger partial charge >= 0.3 is 0 Å². The van der Waals surface area contributed by atoms with Gasteiger partial charge in [0, 0.05) is 18.1 Å². The van der Waals surface area contributed by atoms with Gasteiger partial charge in [-0.25, -0.2) is 0 Å². The summed E-state index contributed by atoms with van der Waals surface area (Å²) < 4.78 is 5.61. The maximum atomic E-state index is 11.8. The molecule has 4 nitrogen and oxygen atoms in total. The Morgan fingerprint density at radius 1 is 1.65 bits per heavy atom. The lowest BCUT2D eigenvalue weighted by Crippen LogP contribution is -2.63. The van der Waals surface area contributed by atoms with Crippen molar-refractivity contribution in [2.24, 2.45) is 17.1 Å². The van der Waals surface area contributed by atoms with Crippen LogP contribution in [-0.2, 0) is 9.53 Å². The molecule has 98 valence electrons. The van der Waals surface area contributed by atoms with Crippen molar-refractivity contribution >= 4 is 23.1 Å². The summed E-state index contributed by atoms with van der Waals surface area (Å²) in [7, 11) is 0. The summed E-state index contributed by atoms with van der Waals surface area (Å²) >= 11 is 4.82. The van der Waals surface area contributed by atoms with E-state index in [9.17, 15) is 4.79 Å². The van der Waals surface area contributed by atoms with E-state index >= 15 is 0 Å². The van der Waals surface area contributed by atoms with Crippen molar-refractivity contribution < 1.29 is 9.53 Å². The smallest absolute Gasteiger partial charge is 0.229 e. The normalized spacial score (nSPS) is 28.0. The van der Waals surface area contributed by atoms with Crippen LogP contribution in [-0.4, -0.2) is 29.6 Å². The molecular formula is C12H22N2O2S. The predicted molar refractivity (Wildman–Crippen MR) is 71.7 cm³/mol. The zero-order valence-electron chi connectivity index (χ0n) is 10.9. The Morgan fingerprint density at radius 2 is 2.24 bits per heavy atom. The van der Waals surface area contributed by atoms with Crippen molar-refractivity contribution in [1.29, 1.82) is 0 Å². The molecule has 1 rings (SSSR count). The lowest BCUT2D eigenvalue weighted by atomic mass is 9.64. The third kappa shape index (κ3) is 2.96. The predicted octanol–water partition coefficient (Wildman–Crippen LogP) is 1.23. The van der Waals surface area contributed by atoms with E-state index in [1.54, 1.807) is 6.92 Å². The second-order valence-electron chi connectivity index (χ2n) is 5.19. The Labute approximate surface area is 108 Å². The van der Waals surface area contributed by atoms with Gasteiger partial charge in [-0.05, 0) is 20.3 Å². The summed E-state index contributed by atoms with van der Waals surface area (Å²) in [6.07, 6.45) is 1.08. The number of carbonyl (C=O) groups excluding carboxylic acids is 1. The van der Waals surface area contributed by atoms with Crippen LogP contribution in [0.4, 0.5) is 0 Å². The Morgan fingerprint density at radius 3 is 2.65 bits per heavy atom. The minimum Gasteiger partial charge on any atom is -0.393 e. The minimum atomic E-state index is -0.410. The van der Waals surface area contributed by atoms with Gasteiger partial charge in [0.25, 0.3) is 0 Å². The lowest BCUT2D eigenvalue weighted by molar-refractivity contribution is -0.137. The van der Waals surface area contributed by atoms with Crippen LogP contribution >= 0.6 is 12.2 Å². The SMILES string of the molecule is CCOC1CC(NC(=O)C(C)C(N)=S)C1(C)C. The number of rotatable bonds is 5. The van der Waals surface area contributed by atoms with E-state index < -0.39 is 5.92 Å². The molecule has 1 aliphatic carbocycles. The molecule has 3 atom stereocenters. The van der Waals surface area contributed by atoms with Gasteiger partial charge in [0.2, 0.25) is 5.91 Å². The van der Waals surface area contributed by atoms with Gasteiger partial charge in [0.15, 0.2) is 0 Å². The first-order valence-corrected chi connectivity index (χ1v) is 6.42. The summed E-state index contributed by atoms with van der Waals surface area (Å²) in [4.78, 5) is 12.1. The van der Waals surface area contributed by atoms with Gasteiger partial charge in [0.1, 0.15) is 0 Å². The molecule has 0 spiro atoms. The molecule has 1 fully saturated rings. The van der Waals surface area contributed by atoms with Gasteiger partial charge < -0.3 is 15.8 Å². The van der Waals surface area contributed by atoms with Gasteiger partial charge in [0.05, 0.1) is 17.0 Å². The number of ether oxygens (including phenoxy) is 1. The molecule has 3 unspecified atom stereocenters. The van der Waals surface area contributed by atoms with Crippen molar-refractivity contribution in [3.8, 4) is 0 Å². The van der Waals surface area contributed by atoms with Crippen LogP contribution in [0.5, 0.6) is 0 Å². The Balaban J connectivity index is 2.50. The molecule has 17 heavy (non-hydrogen) atoms. The van der Waals surface area contributed by atoms with Crippen molar-refractivity contribution in [1.82, 2.24) is 5.32 Å². The first-order valence-electron chi connectivity index (χ1n) is 6.02. The zero-order valence-corrected chi connectivity index (χ0v) is 11.8. The van der Waals surface area contributed by atoms with Crippen LogP contribution in [0.1, 0.15) is 34.1 Å². The molecular weight excluding hydrogens is 236 g/mol. The molecule has 0 bridgehead atoms. The first-order chi connectivity index (χ1) is 7.80. The summed E-state index contributed by atoms with van der Waals surface area (Å²) in [5.41, 5.74) is 5.43. The molecule has 0 aromatic heterocycles. The van der Waals surface area contributed by atoms with E-state index in [1.165, 1.54) is 0 Å². The number of carbonyl (C=O) groups is 1. The number of thiocarbonyl (C=S) groups is 1. The summed E-state index contributed by atoms with van der Waals surface area (Å²) in [5.74, 6) is -0.502. The fraction of sp³-hybridized carbons (Fsp3) is 0.833. The quantitative estimate of drug-likeness (QED) is 0.728. The van der Waals surface area contributed by atoms with Gasteiger partial charge in [-0.15, -0.1) is 0 Å². The highest BCUT2D eigenvalue weighted by molar-refractivity contribution is 7.80. The van der Waals surface area contributed by atoms with Crippen molar-refractivity contribution in [2.45, 2.75) is 46.3 Å². The number of hydrogen-bond donors (Lipinski definition) is 2. The van der Waals surface area contributed by atoms with E-state index in [0.29, 0.717) is 6.61 Å². The lowest BCUT2D eigenvalue weighted by Gasteiger charge is -2.51. The minimum absolute atomic E-state index is 0.0262. The second-order valence-corrected chi connectivity index (χ2v) is 5.66. The third-order valence-corrected chi connectivity index (χ3v) is 4.04. The second kappa shape index (κ2) is 5.31. The largest absolute Gasteiger partial charge is 0.393 e. The number of nitrogens with two attached hydrogens (primary N) is 1. The summed E-state index contributed by atoms with van der Waals surface area (Å²) in [6, 6.07) is 0.142. The van der Waals surface area contributed by atoms with Crippen LogP contribution in [0, 0.1) is 11.3 Å². The molecule has 0 heterocycles. The van der Waals surface area contributed by atoms with E-state index in [0.717, 1.165) is 6.42 Å². The van der Waals surface area contributed by atoms with E-state index in [2.05, 4.69) is 19.2 Å². The summed E-state index contributed by atoms with van der Waals surface area (Å²) in [6.45, 7) is 8.62. The molecule has 0 saturated heterocycles. The molecule has 1 amide bonds. The van der Waals surface area contributed by atoms with Crippen molar-refractivity contribution in [2.75, 3.05) is 6.61 Å². The highest BCUT2D eigenvalue weighted by Gasteiger charge is 2.49. The van der Waals surface area contributed by atoms with Crippen LogP contribution in [0.25, 0.3) is 0 Å². The van der Waals surface area contributed by atoms with E-state index in [-0.39, 0.29) is 28.5 Å². The van der Waals surface area contributed by atoms with Gasteiger partial charge in [-0.2, -0.15) is 0 Å². The molecule has 0 aromatic carbocycles. The topological polar surface area (TPSA) is 64.3 Å². The Bertz CT molecular complexity index is 318. The maximum Gasteiger partial charge on any atom is 0.229 e. The monoisotopic (exact) mass is 258 g/mol. The fourth-order valence-electron chi connectivity index (χ4n) is 2.04. The summed E-state index contributed by atoms with van der Waals surface area (Å²) in [5, 5.41) is 2.99.